The van der Waals surface area contributed by atoms with Gasteiger partial charge in [0.25, 0.3) is 0 Å². The number of thiazole rings is 1. The number of benzene rings is 1. The van der Waals surface area contributed by atoms with E-state index in [9.17, 15) is 0 Å². The van der Waals surface area contributed by atoms with Crippen LogP contribution in [0.5, 0.6) is 0 Å². The van der Waals surface area contributed by atoms with Gasteiger partial charge in [0.2, 0.25) is 4.77 Å². The van der Waals surface area contributed by atoms with Crippen LogP contribution in [0.15, 0.2) is 48.8 Å². The lowest BCUT2D eigenvalue weighted by atomic mass is 10.2. The maximum Gasteiger partial charge on any atom is 0.202 e. The fourth-order valence-corrected chi connectivity index (χ4v) is 4.31. The Bertz CT molecular complexity index is 1100. The third-order valence-electron chi connectivity index (χ3n) is 4.80. The maximum absolute atomic E-state index is 5.61. The van der Waals surface area contributed by atoms with Crippen LogP contribution >= 0.6 is 23.6 Å². The Labute approximate surface area is 166 Å². The predicted molar refractivity (Wildman–Crippen MR) is 110 cm³/mol. The lowest BCUT2D eigenvalue weighted by molar-refractivity contribution is -0.933. The third kappa shape index (κ3) is 3.43. The summed E-state index contributed by atoms with van der Waals surface area (Å²) in [6.45, 7) is 2.87. The van der Waals surface area contributed by atoms with Crippen LogP contribution in [0.3, 0.4) is 0 Å². The number of rotatable bonds is 5. The molecule has 4 aromatic rings. The highest BCUT2D eigenvalue weighted by atomic mass is 32.1. The summed E-state index contributed by atoms with van der Waals surface area (Å²) in [4.78, 5) is 10.2. The normalized spacial score (nSPS) is 13.7. The molecule has 2 atom stereocenters. The Kier molecular flexibility index (Phi) is 4.86. The number of para-hydroxylation sites is 1. The molecule has 0 radical (unpaired) electrons. The topological polar surface area (TPSA) is 53.0 Å². The summed E-state index contributed by atoms with van der Waals surface area (Å²) < 4.78 is 5.77. The Morgan fingerprint density at radius 3 is 2.67 bits per heavy atom. The number of nitrogens with one attached hydrogen (secondary N) is 1. The Hall–Kier alpha value is -2.42. The van der Waals surface area contributed by atoms with Crippen LogP contribution in [0.1, 0.15) is 18.0 Å². The van der Waals surface area contributed by atoms with Crippen molar-refractivity contribution in [3.05, 3.63) is 58.6 Å². The molecular formula is C19H21N6S2+. The molecule has 0 saturated carbocycles. The minimum atomic E-state index is 0.246. The highest BCUT2D eigenvalue weighted by Gasteiger charge is 2.21. The van der Waals surface area contributed by atoms with E-state index < -0.39 is 0 Å². The summed E-state index contributed by atoms with van der Waals surface area (Å²) in [5.74, 6) is 0.850. The molecule has 138 valence electrons. The van der Waals surface area contributed by atoms with E-state index in [2.05, 4.69) is 37.2 Å². The molecule has 0 bridgehead atoms. The van der Waals surface area contributed by atoms with Crippen LogP contribution in [0, 0.1) is 4.77 Å². The second-order valence-electron chi connectivity index (χ2n) is 6.65. The van der Waals surface area contributed by atoms with Crippen molar-refractivity contribution in [2.45, 2.75) is 19.6 Å². The van der Waals surface area contributed by atoms with E-state index in [0.29, 0.717) is 11.4 Å². The van der Waals surface area contributed by atoms with Crippen molar-refractivity contribution >= 4 is 33.8 Å². The summed E-state index contributed by atoms with van der Waals surface area (Å²) in [6.07, 6.45) is 3.54. The smallest absolute Gasteiger partial charge is 0.202 e. The first kappa shape index (κ1) is 18.0. The highest BCUT2D eigenvalue weighted by Crippen LogP contribution is 2.24. The Morgan fingerprint density at radius 1 is 1.19 bits per heavy atom. The first-order chi connectivity index (χ1) is 13.0. The van der Waals surface area contributed by atoms with Crippen molar-refractivity contribution in [2.24, 2.45) is 7.05 Å². The van der Waals surface area contributed by atoms with Gasteiger partial charge in [-0.15, -0.1) is 16.4 Å². The monoisotopic (exact) mass is 397 g/mol. The van der Waals surface area contributed by atoms with E-state index in [0.717, 1.165) is 21.9 Å². The third-order valence-corrected chi connectivity index (χ3v) is 6.50. The van der Waals surface area contributed by atoms with Gasteiger partial charge in [0.05, 0.1) is 17.3 Å². The molecule has 0 aliphatic heterocycles. The molecule has 0 saturated heterocycles. The fourth-order valence-electron chi connectivity index (χ4n) is 3.00. The van der Waals surface area contributed by atoms with Crippen molar-refractivity contribution in [3.63, 3.8) is 0 Å². The van der Waals surface area contributed by atoms with E-state index in [-0.39, 0.29) is 6.04 Å². The molecule has 3 heterocycles. The van der Waals surface area contributed by atoms with Crippen LogP contribution < -0.4 is 4.90 Å². The molecule has 0 spiro atoms. The molecule has 4 rings (SSSR count). The molecule has 1 unspecified atom stereocenters. The predicted octanol–water partition coefficient (Wildman–Crippen LogP) is 2.86. The average molecular weight is 398 g/mol. The van der Waals surface area contributed by atoms with Gasteiger partial charge in [-0.05, 0) is 43.4 Å². The standard InChI is InChI=1S/C19H20N6S2/c1-13(18-21-15-6-4-5-7-16(15)27-18)23(2)12-25-19(26)24(3)17(22-25)14-8-10-20-11-9-14/h4-11,13H,12H2,1-3H3/p+1/t13-/m1/s1. The Balaban J connectivity index is 1.59. The molecule has 0 amide bonds. The van der Waals surface area contributed by atoms with Gasteiger partial charge in [0, 0.05) is 25.0 Å². The fraction of sp³-hybridized carbons (Fsp3) is 0.263. The van der Waals surface area contributed by atoms with Crippen molar-refractivity contribution in [3.8, 4) is 11.4 Å². The summed E-state index contributed by atoms with van der Waals surface area (Å²) in [6, 6.07) is 12.4. The first-order valence-corrected chi connectivity index (χ1v) is 9.99. The van der Waals surface area contributed by atoms with Crippen molar-refractivity contribution < 1.29 is 4.90 Å². The quantitative estimate of drug-likeness (QED) is 0.526. The van der Waals surface area contributed by atoms with Gasteiger partial charge in [0.1, 0.15) is 6.04 Å². The molecule has 1 N–H and O–H groups in total. The number of quaternary nitrogens is 1. The van der Waals surface area contributed by atoms with Gasteiger partial charge in [-0.3, -0.25) is 4.98 Å². The van der Waals surface area contributed by atoms with Gasteiger partial charge in [-0.1, -0.05) is 12.1 Å². The van der Waals surface area contributed by atoms with Crippen LogP contribution in [0.25, 0.3) is 21.6 Å². The van der Waals surface area contributed by atoms with E-state index in [1.165, 1.54) is 9.60 Å². The van der Waals surface area contributed by atoms with Gasteiger partial charge in [-0.25, -0.2) is 4.98 Å². The lowest BCUT2D eigenvalue weighted by Crippen LogP contribution is -3.08. The largest absolute Gasteiger partial charge is 0.311 e. The molecule has 6 nitrogen and oxygen atoms in total. The van der Waals surface area contributed by atoms with Gasteiger partial charge >= 0.3 is 0 Å². The van der Waals surface area contributed by atoms with Crippen molar-refractivity contribution in [1.29, 1.82) is 0 Å². The number of pyridine rings is 1. The minimum absolute atomic E-state index is 0.246. The summed E-state index contributed by atoms with van der Waals surface area (Å²) in [5, 5.41) is 5.88. The first-order valence-electron chi connectivity index (χ1n) is 8.76. The molecule has 3 aromatic heterocycles. The summed E-state index contributed by atoms with van der Waals surface area (Å²) >= 11 is 7.36. The molecule has 0 fully saturated rings. The van der Waals surface area contributed by atoms with E-state index in [1.807, 2.05) is 34.5 Å². The van der Waals surface area contributed by atoms with E-state index in [1.54, 1.807) is 23.7 Å². The molecule has 0 aliphatic carbocycles. The number of nitrogens with zero attached hydrogens (tertiary/aromatic N) is 5. The average Bonchev–Trinajstić information content (AvgIpc) is 3.24. The molecule has 27 heavy (non-hydrogen) atoms. The van der Waals surface area contributed by atoms with E-state index in [4.69, 9.17) is 22.3 Å². The van der Waals surface area contributed by atoms with Gasteiger partial charge < -0.3 is 9.47 Å². The van der Waals surface area contributed by atoms with Crippen LogP contribution in [0.2, 0.25) is 0 Å². The van der Waals surface area contributed by atoms with Crippen LogP contribution in [-0.2, 0) is 13.7 Å². The van der Waals surface area contributed by atoms with Gasteiger partial charge in [-0.2, -0.15) is 4.68 Å². The van der Waals surface area contributed by atoms with Crippen molar-refractivity contribution in [1.82, 2.24) is 24.3 Å². The lowest BCUT2D eigenvalue weighted by Gasteiger charge is -2.19. The zero-order valence-electron chi connectivity index (χ0n) is 15.5. The number of aromatic nitrogens is 5. The van der Waals surface area contributed by atoms with Crippen LogP contribution in [0.4, 0.5) is 0 Å². The number of hydrogen-bond acceptors (Lipinski definition) is 5. The minimum Gasteiger partial charge on any atom is -0.311 e. The molecular weight excluding hydrogens is 376 g/mol. The second-order valence-corrected chi connectivity index (χ2v) is 8.07. The Morgan fingerprint density at radius 2 is 1.93 bits per heavy atom. The summed E-state index contributed by atoms with van der Waals surface area (Å²) in [5.41, 5.74) is 2.07. The molecule has 8 heteroatoms. The summed E-state index contributed by atoms with van der Waals surface area (Å²) in [7, 11) is 4.10. The SMILES string of the molecule is C[C@H](c1nc2ccccc2s1)[NH+](C)Cn1nc(-c2ccncc2)n(C)c1=S. The zero-order valence-corrected chi connectivity index (χ0v) is 17.1. The highest BCUT2D eigenvalue weighted by molar-refractivity contribution is 7.71. The van der Waals surface area contributed by atoms with Gasteiger partial charge in [0.15, 0.2) is 17.5 Å². The zero-order chi connectivity index (χ0) is 19.0. The maximum atomic E-state index is 5.61. The molecule has 1 aromatic carbocycles. The second kappa shape index (κ2) is 7.30. The van der Waals surface area contributed by atoms with Crippen molar-refractivity contribution in [2.75, 3.05) is 7.05 Å². The molecule has 0 aliphatic rings. The van der Waals surface area contributed by atoms with E-state index >= 15 is 0 Å². The van der Waals surface area contributed by atoms with Crippen LogP contribution in [-0.4, -0.2) is 31.4 Å². The number of hydrogen-bond donors (Lipinski definition) is 1. The number of fused-ring (bicyclic) bond motifs is 1.